The molecular weight excluding hydrogens is 350 g/mol. The number of carbonyl (C=O) groups excluding carboxylic acids is 1. The number of aliphatic hydroxyl groups is 2. The smallest absolute Gasteiger partial charge is 0.249 e. The summed E-state index contributed by atoms with van der Waals surface area (Å²) in [6, 6.07) is 0. The number of thioether (sulfide) groups is 1. The van der Waals surface area contributed by atoms with Gasteiger partial charge in [-0.25, -0.2) is 0 Å². The largest absolute Gasteiger partial charge is 0.496 e. The van der Waals surface area contributed by atoms with Gasteiger partial charge in [-0.2, -0.15) is 0 Å². The fourth-order valence-electron chi connectivity index (χ4n) is 2.42. The maximum atomic E-state index is 11.9. The third-order valence-corrected chi connectivity index (χ3v) is 5.35. The van der Waals surface area contributed by atoms with Crippen LogP contribution < -0.4 is 5.32 Å². The minimum atomic E-state index is -1.25. The molecule has 2 atom stereocenters. The minimum absolute atomic E-state index is 0.267. The highest BCUT2D eigenvalue weighted by molar-refractivity contribution is 8.05. The average Bonchev–Trinajstić information content (AvgIpc) is 2.86. The molecule has 6 heteroatoms. The lowest BCUT2D eigenvalue weighted by molar-refractivity contribution is -0.137. The van der Waals surface area contributed by atoms with Gasteiger partial charge in [-0.05, 0) is 26.3 Å². The summed E-state index contributed by atoms with van der Waals surface area (Å²) in [4.78, 5) is 12.9. The minimum Gasteiger partial charge on any atom is -0.496 e. The molecule has 0 spiro atoms. The number of nitrogens with one attached hydrogen (secondary N) is 1. The van der Waals surface area contributed by atoms with Crippen LogP contribution in [0.2, 0.25) is 0 Å². The number of ether oxygens (including phenoxy) is 1. The van der Waals surface area contributed by atoms with Crippen LogP contribution >= 0.6 is 11.8 Å². The highest BCUT2D eigenvalue weighted by atomic mass is 32.2. The Morgan fingerprint density at radius 2 is 2.19 bits per heavy atom. The predicted molar refractivity (Wildman–Crippen MR) is 108 cm³/mol. The van der Waals surface area contributed by atoms with E-state index in [0.717, 1.165) is 16.2 Å². The number of carbonyl (C=O) groups is 1. The Labute approximate surface area is 160 Å². The summed E-state index contributed by atoms with van der Waals surface area (Å²) in [5.74, 6) is 0.351. The van der Waals surface area contributed by atoms with Crippen LogP contribution in [0.15, 0.2) is 47.6 Å². The van der Waals surface area contributed by atoms with Crippen molar-refractivity contribution in [3.05, 3.63) is 47.6 Å². The van der Waals surface area contributed by atoms with Crippen LogP contribution in [0, 0.1) is 5.41 Å². The van der Waals surface area contributed by atoms with Crippen LogP contribution in [0.3, 0.4) is 0 Å². The van der Waals surface area contributed by atoms with Crippen molar-refractivity contribution in [1.29, 1.82) is 0 Å². The molecule has 26 heavy (non-hydrogen) atoms. The van der Waals surface area contributed by atoms with E-state index in [0.29, 0.717) is 19.6 Å². The van der Waals surface area contributed by atoms with Crippen molar-refractivity contribution < 1.29 is 19.7 Å². The van der Waals surface area contributed by atoms with Gasteiger partial charge in [0.2, 0.25) is 5.91 Å². The Hall–Kier alpha value is -1.50. The molecule has 0 aliphatic carbocycles. The van der Waals surface area contributed by atoms with Gasteiger partial charge in [0.1, 0.15) is 11.9 Å². The van der Waals surface area contributed by atoms with Gasteiger partial charge < -0.3 is 20.3 Å². The zero-order chi connectivity index (χ0) is 20.0. The van der Waals surface area contributed by atoms with Crippen LogP contribution in [0.4, 0.5) is 0 Å². The van der Waals surface area contributed by atoms with E-state index in [4.69, 9.17) is 4.74 Å². The first-order chi connectivity index (χ1) is 12.1. The molecule has 0 aromatic heterocycles. The van der Waals surface area contributed by atoms with Gasteiger partial charge in [0.05, 0.1) is 18.0 Å². The zero-order valence-electron chi connectivity index (χ0n) is 16.2. The van der Waals surface area contributed by atoms with E-state index in [9.17, 15) is 15.0 Å². The summed E-state index contributed by atoms with van der Waals surface area (Å²) in [7, 11) is 0. The molecule has 0 radical (unpaired) electrons. The average molecular weight is 382 g/mol. The van der Waals surface area contributed by atoms with Crippen molar-refractivity contribution in [1.82, 2.24) is 5.32 Å². The fourth-order valence-corrected chi connectivity index (χ4v) is 3.60. The summed E-state index contributed by atoms with van der Waals surface area (Å²) in [6.45, 7) is 15.7. The highest BCUT2D eigenvalue weighted by Crippen LogP contribution is 2.46. The molecule has 146 valence electrons. The molecule has 1 aliphatic rings. The number of amides is 1. The molecule has 1 heterocycles. The second-order valence-electron chi connectivity index (χ2n) is 7.32. The Balaban J connectivity index is 2.48. The monoisotopic (exact) mass is 381 g/mol. The van der Waals surface area contributed by atoms with Crippen molar-refractivity contribution >= 4 is 17.7 Å². The fraction of sp³-hybridized carbons (Fsp3) is 0.550. The Morgan fingerprint density at radius 1 is 1.54 bits per heavy atom. The van der Waals surface area contributed by atoms with E-state index < -0.39 is 17.4 Å². The van der Waals surface area contributed by atoms with Crippen molar-refractivity contribution in [3.63, 3.8) is 0 Å². The van der Waals surface area contributed by atoms with Gasteiger partial charge in [0.15, 0.2) is 0 Å². The molecule has 2 unspecified atom stereocenters. The van der Waals surface area contributed by atoms with Crippen LogP contribution in [0.1, 0.15) is 34.1 Å². The molecule has 5 nitrogen and oxygen atoms in total. The van der Waals surface area contributed by atoms with Crippen molar-refractivity contribution in [3.8, 4) is 0 Å². The van der Waals surface area contributed by atoms with Crippen LogP contribution in [0.25, 0.3) is 0 Å². The molecule has 0 bridgehead atoms. The topological polar surface area (TPSA) is 78.8 Å². The zero-order valence-corrected chi connectivity index (χ0v) is 17.0. The normalized spacial score (nSPS) is 22.0. The molecule has 1 amide bonds. The SMILES string of the molecule is C=C/C(C)=C/C1(C)SC(=C)C=C1OCCCNC(=O)C(O)C(C)(C)CO. The van der Waals surface area contributed by atoms with E-state index >= 15 is 0 Å². The second-order valence-corrected chi connectivity index (χ2v) is 8.90. The van der Waals surface area contributed by atoms with E-state index in [2.05, 4.69) is 31.5 Å². The quantitative estimate of drug-likeness (QED) is 0.401. The molecule has 0 aromatic carbocycles. The number of rotatable bonds is 10. The van der Waals surface area contributed by atoms with Crippen molar-refractivity contribution in [2.24, 2.45) is 5.41 Å². The van der Waals surface area contributed by atoms with E-state index in [1.54, 1.807) is 31.7 Å². The number of aliphatic hydroxyl groups excluding tert-OH is 2. The first kappa shape index (κ1) is 22.5. The maximum Gasteiger partial charge on any atom is 0.249 e. The van der Waals surface area contributed by atoms with Gasteiger partial charge in [0, 0.05) is 16.9 Å². The Morgan fingerprint density at radius 3 is 2.77 bits per heavy atom. The standard InChI is InChI=1S/C20H31NO4S/c1-7-14(2)12-20(6)16(11-15(3)26-20)25-10-8-9-21-18(24)17(23)19(4,5)13-22/h7,11-12,17,22-23H,1,3,8-10,13H2,2,4-6H3,(H,21,24)/b14-12+. The summed E-state index contributed by atoms with van der Waals surface area (Å²) in [5, 5.41) is 21.8. The lowest BCUT2D eigenvalue weighted by Gasteiger charge is -2.27. The molecule has 0 saturated carbocycles. The van der Waals surface area contributed by atoms with Crippen molar-refractivity contribution in [2.45, 2.75) is 45.0 Å². The van der Waals surface area contributed by atoms with Crippen LogP contribution in [0.5, 0.6) is 0 Å². The predicted octanol–water partition coefficient (Wildman–Crippen LogP) is 2.92. The first-order valence-electron chi connectivity index (χ1n) is 8.67. The number of hydrogen-bond donors (Lipinski definition) is 3. The second kappa shape index (κ2) is 9.44. The molecule has 1 rings (SSSR count). The number of allylic oxidation sites excluding steroid dienone is 3. The Kier molecular flexibility index (Phi) is 8.18. The molecule has 1 aliphatic heterocycles. The molecule has 0 aromatic rings. The van der Waals surface area contributed by atoms with Gasteiger partial charge in [-0.3, -0.25) is 4.79 Å². The number of hydrogen-bond acceptors (Lipinski definition) is 5. The third kappa shape index (κ3) is 6.04. The summed E-state index contributed by atoms with van der Waals surface area (Å²) < 4.78 is 5.61. The highest BCUT2D eigenvalue weighted by Gasteiger charge is 2.35. The van der Waals surface area contributed by atoms with Gasteiger partial charge in [-0.15, -0.1) is 11.8 Å². The molecule has 0 saturated heterocycles. The van der Waals surface area contributed by atoms with Gasteiger partial charge in [0.25, 0.3) is 0 Å². The van der Waals surface area contributed by atoms with Crippen molar-refractivity contribution in [2.75, 3.05) is 19.8 Å². The maximum absolute atomic E-state index is 11.9. The van der Waals surface area contributed by atoms with Crippen LogP contribution in [-0.4, -0.2) is 46.7 Å². The first-order valence-corrected chi connectivity index (χ1v) is 9.49. The summed E-state index contributed by atoms with van der Waals surface area (Å²) >= 11 is 1.63. The molecule has 0 fully saturated rings. The lowest BCUT2D eigenvalue weighted by Crippen LogP contribution is -2.45. The third-order valence-electron chi connectivity index (χ3n) is 4.22. The summed E-state index contributed by atoms with van der Waals surface area (Å²) in [5.41, 5.74) is 0.196. The summed E-state index contributed by atoms with van der Waals surface area (Å²) in [6.07, 6.45) is 5.19. The van der Waals surface area contributed by atoms with Crippen LogP contribution in [-0.2, 0) is 9.53 Å². The van der Waals surface area contributed by atoms with Gasteiger partial charge in [-0.1, -0.05) is 44.7 Å². The Bertz CT molecular complexity index is 609. The van der Waals surface area contributed by atoms with E-state index in [1.165, 1.54) is 0 Å². The van der Waals surface area contributed by atoms with Gasteiger partial charge >= 0.3 is 0 Å². The van der Waals surface area contributed by atoms with E-state index in [1.807, 2.05) is 13.0 Å². The lowest BCUT2D eigenvalue weighted by atomic mass is 9.87. The molecule has 3 N–H and O–H groups in total. The molecular formula is C20H31NO4S. The van der Waals surface area contributed by atoms with E-state index in [-0.39, 0.29) is 11.4 Å².